The standard InChI is InChI=1S/C48H27N5O.Pt/c1-2-12-30(13-3-1)52-40-20-11-16-31(47(40)51-48(52)36-18-10-17-35-32-14-4-6-19-39(32)50-46(35)36)29-23-24-33-37-27-38-34-15-5-7-21-43(34)54-44(38)28-42(37)53(41(33)26-29)45-22-8-9-25-49-45;/h1-25,27-28H;/q-2;+2. The van der Waals surface area contributed by atoms with Crippen LogP contribution in [0, 0.1) is 6.07 Å². The molecule has 0 aliphatic carbocycles. The van der Waals surface area contributed by atoms with Gasteiger partial charge in [-0.1, -0.05) is 108 Å². The zero-order chi connectivity index (χ0) is 35.3. The average Bonchev–Trinajstić information content (AvgIpc) is 3.99. The fourth-order valence-electron chi connectivity index (χ4n) is 8.36. The normalized spacial score (nSPS) is 11.9. The van der Waals surface area contributed by atoms with E-state index < -0.39 is 0 Å². The number of benzene rings is 7. The molecule has 0 saturated heterocycles. The molecule has 7 heteroatoms. The molecule has 0 atom stereocenters. The Labute approximate surface area is 328 Å². The maximum absolute atomic E-state index is 6.36. The molecule has 0 aliphatic heterocycles. The van der Waals surface area contributed by atoms with Crippen molar-refractivity contribution in [3.63, 3.8) is 0 Å². The number of pyridine rings is 1. The maximum Gasteiger partial charge on any atom is 2.00 e. The fraction of sp³-hybridized carbons (Fsp3) is 0. The Balaban J connectivity index is 0.00000352. The largest absolute Gasteiger partial charge is 2.00 e. The number of fused-ring (bicyclic) bond motifs is 10. The predicted octanol–water partition coefficient (Wildman–Crippen LogP) is 11.8. The summed E-state index contributed by atoms with van der Waals surface area (Å²) in [6.45, 7) is 0. The van der Waals surface area contributed by atoms with E-state index in [4.69, 9.17) is 19.4 Å². The minimum Gasteiger partial charge on any atom is -0.656 e. The van der Waals surface area contributed by atoms with Gasteiger partial charge in [-0.05, 0) is 64.1 Å². The second kappa shape index (κ2) is 12.1. The number of hydrogen-bond donors (Lipinski definition) is 0. The second-order valence-corrected chi connectivity index (χ2v) is 13.7. The molecule has 5 aromatic heterocycles. The molecular formula is C48H27N5OPt. The van der Waals surface area contributed by atoms with Gasteiger partial charge in [-0.2, -0.15) is 0 Å². The van der Waals surface area contributed by atoms with Gasteiger partial charge in [0, 0.05) is 39.8 Å². The van der Waals surface area contributed by atoms with E-state index in [1.165, 1.54) is 0 Å². The van der Waals surface area contributed by atoms with Gasteiger partial charge in [0.25, 0.3) is 0 Å². The first-order valence-electron chi connectivity index (χ1n) is 18.0. The van der Waals surface area contributed by atoms with Crippen LogP contribution in [0.15, 0.2) is 168 Å². The molecule has 0 amide bonds. The van der Waals surface area contributed by atoms with Crippen LogP contribution in [0.25, 0.3) is 111 Å². The van der Waals surface area contributed by atoms with Crippen molar-refractivity contribution in [1.82, 2.24) is 24.1 Å². The second-order valence-electron chi connectivity index (χ2n) is 13.7. The van der Waals surface area contributed by atoms with Crippen LogP contribution in [0.3, 0.4) is 0 Å². The van der Waals surface area contributed by atoms with Gasteiger partial charge in [0.1, 0.15) is 22.8 Å². The molecule has 0 saturated carbocycles. The van der Waals surface area contributed by atoms with Crippen LogP contribution in [-0.2, 0) is 21.1 Å². The molecule has 12 aromatic rings. The first kappa shape index (κ1) is 31.7. The van der Waals surface area contributed by atoms with Gasteiger partial charge in [0.15, 0.2) is 0 Å². The summed E-state index contributed by atoms with van der Waals surface area (Å²) < 4.78 is 10.8. The quantitative estimate of drug-likeness (QED) is 0.165. The predicted molar refractivity (Wildman–Crippen MR) is 219 cm³/mol. The van der Waals surface area contributed by atoms with E-state index in [1.54, 1.807) is 0 Å². The van der Waals surface area contributed by atoms with Crippen LogP contribution in [0.4, 0.5) is 0 Å². The third-order valence-electron chi connectivity index (χ3n) is 10.7. The molecular weight excluding hydrogens is 858 g/mol. The molecule has 0 unspecified atom stereocenters. The molecule has 6 nitrogen and oxygen atoms in total. The van der Waals surface area contributed by atoms with Gasteiger partial charge in [0.05, 0.1) is 11.0 Å². The Kier molecular flexibility index (Phi) is 7.01. The fourth-order valence-corrected chi connectivity index (χ4v) is 8.36. The van der Waals surface area contributed by atoms with E-state index in [-0.39, 0.29) is 21.1 Å². The molecule has 0 spiro atoms. The minimum absolute atomic E-state index is 0. The van der Waals surface area contributed by atoms with Crippen molar-refractivity contribution in [2.45, 2.75) is 0 Å². The molecule has 0 fully saturated rings. The van der Waals surface area contributed by atoms with Crippen molar-refractivity contribution in [2.75, 3.05) is 0 Å². The van der Waals surface area contributed by atoms with E-state index in [0.29, 0.717) is 0 Å². The first-order chi connectivity index (χ1) is 26.8. The first-order valence-corrected chi connectivity index (χ1v) is 18.0. The summed E-state index contributed by atoms with van der Waals surface area (Å²) in [6, 6.07) is 58.5. The number of nitrogens with zero attached hydrogens (tertiary/aromatic N) is 5. The molecule has 55 heavy (non-hydrogen) atoms. The van der Waals surface area contributed by atoms with E-state index in [2.05, 4.69) is 130 Å². The molecule has 7 aromatic carbocycles. The Morgan fingerprint density at radius 1 is 0.545 bits per heavy atom. The molecule has 0 aliphatic rings. The zero-order valence-corrected chi connectivity index (χ0v) is 31.3. The summed E-state index contributed by atoms with van der Waals surface area (Å²) in [5.41, 5.74) is 11.5. The molecule has 0 bridgehead atoms. The van der Waals surface area contributed by atoms with Crippen molar-refractivity contribution in [3.8, 4) is 34.0 Å². The zero-order valence-electron chi connectivity index (χ0n) is 29.0. The smallest absolute Gasteiger partial charge is 0.656 e. The molecule has 12 rings (SSSR count). The van der Waals surface area contributed by atoms with Crippen molar-refractivity contribution in [3.05, 3.63) is 170 Å². The summed E-state index contributed by atoms with van der Waals surface area (Å²) in [6.07, 6.45) is 1.83. The summed E-state index contributed by atoms with van der Waals surface area (Å²) in [7, 11) is 0. The van der Waals surface area contributed by atoms with Crippen LogP contribution in [0.5, 0.6) is 0 Å². The van der Waals surface area contributed by atoms with Crippen LogP contribution >= 0.6 is 0 Å². The number of furan rings is 1. The molecule has 260 valence electrons. The molecule has 0 radical (unpaired) electrons. The van der Waals surface area contributed by atoms with Crippen molar-refractivity contribution in [1.29, 1.82) is 0 Å². The van der Waals surface area contributed by atoms with E-state index in [9.17, 15) is 0 Å². The summed E-state index contributed by atoms with van der Waals surface area (Å²) >= 11 is 0. The Hall–Kier alpha value is -6.75. The summed E-state index contributed by atoms with van der Waals surface area (Å²) in [5.74, 6) is 1.66. The topological polar surface area (TPSA) is 62.9 Å². The van der Waals surface area contributed by atoms with Crippen molar-refractivity contribution >= 4 is 76.6 Å². The van der Waals surface area contributed by atoms with Crippen molar-refractivity contribution in [2.24, 2.45) is 0 Å². The van der Waals surface area contributed by atoms with Gasteiger partial charge < -0.3 is 14.0 Å². The van der Waals surface area contributed by atoms with Gasteiger partial charge >= 0.3 is 21.1 Å². The number of imidazole rings is 1. The van der Waals surface area contributed by atoms with Gasteiger partial charge in [-0.25, -0.2) is 9.97 Å². The third kappa shape index (κ3) is 4.65. The van der Waals surface area contributed by atoms with E-state index in [0.717, 1.165) is 111 Å². The van der Waals surface area contributed by atoms with Gasteiger partial charge in [-0.3, -0.25) is 4.57 Å². The van der Waals surface area contributed by atoms with Crippen LogP contribution in [0.1, 0.15) is 0 Å². The molecule has 5 heterocycles. The maximum atomic E-state index is 6.36. The Bertz CT molecular complexity index is 3450. The van der Waals surface area contributed by atoms with Gasteiger partial charge in [0.2, 0.25) is 0 Å². The Morgan fingerprint density at radius 3 is 2.22 bits per heavy atom. The number of hydrogen-bond acceptors (Lipinski definition) is 3. The van der Waals surface area contributed by atoms with E-state index in [1.807, 2.05) is 48.7 Å². The van der Waals surface area contributed by atoms with Crippen LogP contribution < -0.4 is 4.98 Å². The SMILES string of the molecule is [Pt+2].[c-]1c(-c2cccc3c2nc(-c2cccc4c2[n-]c2ccccc24)n3-c2ccccc2)ccc2c3cc4c(cc3n(-c3ccccn3)c12)oc1ccccc14. The van der Waals surface area contributed by atoms with Crippen LogP contribution in [-0.4, -0.2) is 19.1 Å². The number of rotatable bonds is 4. The third-order valence-corrected chi connectivity index (χ3v) is 10.7. The van der Waals surface area contributed by atoms with Crippen LogP contribution in [0.2, 0.25) is 0 Å². The van der Waals surface area contributed by atoms with Crippen molar-refractivity contribution < 1.29 is 25.5 Å². The molecule has 0 N–H and O–H groups in total. The number of para-hydroxylation sites is 5. The number of aromatic nitrogens is 5. The monoisotopic (exact) mass is 884 g/mol. The average molecular weight is 885 g/mol. The summed E-state index contributed by atoms with van der Waals surface area (Å²) in [4.78, 5) is 15.4. The van der Waals surface area contributed by atoms with E-state index >= 15 is 0 Å². The Morgan fingerprint density at radius 2 is 1.33 bits per heavy atom. The summed E-state index contributed by atoms with van der Waals surface area (Å²) in [5, 5.41) is 6.67. The minimum atomic E-state index is 0. The van der Waals surface area contributed by atoms with Gasteiger partial charge in [-0.15, -0.1) is 34.8 Å².